The lowest BCUT2D eigenvalue weighted by Crippen LogP contribution is -2.44. The largest absolute Gasteiger partial charge is 0.493 e. The first-order chi connectivity index (χ1) is 12.2. The Kier molecular flexibility index (Phi) is 10.2. The van der Waals surface area contributed by atoms with E-state index in [0.717, 1.165) is 31.6 Å². The third-order valence-electron chi connectivity index (χ3n) is 4.07. The Morgan fingerprint density at radius 3 is 2.58 bits per heavy atom. The van der Waals surface area contributed by atoms with Crippen LogP contribution in [0.25, 0.3) is 0 Å². The molecule has 1 amide bonds. The van der Waals surface area contributed by atoms with Crippen molar-refractivity contribution in [3.05, 3.63) is 18.2 Å². The van der Waals surface area contributed by atoms with Gasteiger partial charge in [0.25, 0.3) is 0 Å². The summed E-state index contributed by atoms with van der Waals surface area (Å²) in [4.78, 5) is 18.3. The molecule has 1 aliphatic rings. The summed E-state index contributed by atoms with van der Waals surface area (Å²) >= 11 is 0. The summed E-state index contributed by atoms with van der Waals surface area (Å²) in [5.41, 5.74) is 0.804. The first-order valence-electron chi connectivity index (χ1n) is 8.74. The maximum Gasteiger partial charge on any atom is 0.241 e. The maximum absolute atomic E-state index is 12.2. The molecule has 0 saturated carbocycles. The second kappa shape index (κ2) is 11.8. The van der Waals surface area contributed by atoms with E-state index in [-0.39, 0.29) is 36.4 Å². The van der Waals surface area contributed by atoms with E-state index in [9.17, 15) is 4.79 Å². The molecule has 0 radical (unpaired) electrons. The minimum Gasteiger partial charge on any atom is -0.493 e. The highest BCUT2D eigenvalue weighted by Crippen LogP contribution is 2.30. The third kappa shape index (κ3) is 6.54. The van der Waals surface area contributed by atoms with Gasteiger partial charge < -0.3 is 25.0 Å². The van der Waals surface area contributed by atoms with Crippen LogP contribution in [0.1, 0.15) is 26.2 Å². The van der Waals surface area contributed by atoms with E-state index in [1.54, 1.807) is 14.2 Å². The van der Waals surface area contributed by atoms with Crippen molar-refractivity contribution < 1.29 is 14.3 Å². The highest BCUT2D eigenvalue weighted by atomic mass is 127. The van der Waals surface area contributed by atoms with Crippen LogP contribution in [0.2, 0.25) is 0 Å². The van der Waals surface area contributed by atoms with E-state index < -0.39 is 0 Å². The number of hydrogen-bond donors (Lipinski definition) is 2. The Morgan fingerprint density at radius 2 is 1.96 bits per heavy atom. The summed E-state index contributed by atoms with van der Waals surface area (Å²) in [7, 11) is 3.28. The van der Waals surface area contributed by atoms with Crippen LogP contribution in [-0.2, 0) is 4.79 Å². The number of rotatable bonds is 6. The summed E-state index contributed by atoms with van der Waals surface area (Å²) in [5, 5.41) is 6.23. The number of aliphatic imine (C=N–C) groups is 1. The molecule has 146 valence electrons. The summed E-state index contributed by atoms with van der Waals surface area (Å²) in [6.45, 7) is 4.43. The van der Waals surface area contributed by atoms with Crippen molar-refractivity contribution in [3.8, 4) is 11.5 Å². The monoisotopic (exact) mass is 476 g/mol. The number of carbonyl (C=O) groups excluding carboxylic acids is 1. The van der Waals surface area contributed by atoms with E-state index >= 15 is 0 Å². The maximum atomic E-state index is 12.2. The molecule has 0 unspecified atom stereocenters. The predicted octanol–water partition coefficient (Wildman–Crippen LogP) is 2.71. The number of amides is 1. The van der Waals surface area contributed by atoms with Crippen LogP contribution in [0.15, 0.2) is 23.2 Å². The summed E-state index contributed by atoms with van der Waals surface area (Å²) in [6.07, 6.45) is 3.38. The van der Waals surface area contributed by atoms with Gasteiger partial charge >= 0.3 is 0 Å². The van der Waals surface area contributed by atoms with Gasteiger partial charge in [-0.2, -0.15) is 0 Å². The number of carbonyl (C=O) groups is 1. The molecule has 2 rings (SSSR count). The van der Waals surface area contributed by atoms with Crippen LogP contribution in [0, 0.1) is 0 Å². The van der Waals surface area contributed by atoms with Crippen molar-refractivity contribution in [2.45, 2.75) is 26.2 Å². The molecule has 0 spiro atoms. The van der Waals surface area contributed by atoms with Gasteiger partial charge in [-0.05, 0) is 38.3 Å². The van der Waals surface area contributed by atoms with Gasteiger partial charge in [-0.15, -0.1) is 24.0 Å². The Labute approximate surface area is 172 Å². The highest BCUT2D eigenvalue weighted by Gasteiger charge is 2.16. The Balaban J connectivity index is 0.00000338. The molecular formula is C18H29IN4O3. The van der Waals surface area contributed by atoms with Crippen molar-refractivity contribution >= 4 is 41.5 Å². The first-order valence-corrected chi connectivity index (χ1v) is 8.74. The van der Waals surface area contributed by atoms with Crippen LogP contribution < -0.4 is 20.1 Å². The average Bonchev–Trinajstić information content (AvgIpc) is 2.66. The van der Waals surface area contributed by atoms with Crippen LogP contribution in [0.5, 0.6) is 11.5 Å². The smallest absolute Gasteiger partial charge is 0.241 e. The Bertz CT molecular complexity index is 604. The zero-order valence-corrected chi connectivity index (χ0v) is 18.0. The van der Waals surface area contributed by atoms with Gasteiger partial charge in [0, 0.05) is 31.9 Å². The standard InChI is InChI=1S/C18H28N4O3.HI/c1-4-25-15-9-8-14(12-16(15)24-3)21-18(19-2)20-13-17(23)22-10-6-5-7-11-22;/h8-9,12H,4-7,10-11,13H2,1-3H3,(H2,19,20,21);1H. The molecule has 1 fully saturated rings. The number of anilines is 1. The molecule has 1 aliphatic heterocycles. The molecule has 7 nitrogen and oxygen atoms in total. The highest BCUT2D eigenvalue weighted by molar-refractivity contribution is 14.0. The molecule has 0 aromatic heterocycles. The lowest BCUT2D eigenvalue weighted by Gasteiger charge is -2.27. The van der Waals surface area contributed by atoms with E-state index in [4.69, 9.17) is 9.47 Å². The van der Waals surface area contributed by atoms with Crippen molar-refractivity contribution in [3.63, 3.8) is 0 Å². The van der Waals surface area contributed by atoms with E-state index in [0.29, 0.717) is 24.1 Å². The number of nitrogens with one attached hydrogen (secondary N) is 2. The number of benzene rings is 1. The molecule has 1 saturated heterocycles. The minimum absolute atomic E-state index is 0. The van der Waals surface area contributed by atoms with Gasteiger partial charge in [0.1, 0.15) is 0 Å². The Morgan fingerprint density at radius 1 is 1.23 bits per heavy atom. The summed E-state index contributed by atoms with van der Waals surface area (Å²) in [5.74, 6) is 1.98. The van der Waals surface area contributed by atoms with Crippen LogP contribution in [-0.4, -0.2) is 57.2 Å². The van der Waals surface area contributed by atoms with Crippen molar-refractivity contribution in [2.75, 3.05) is 45.7 Å². The van der Waals surface area contributed by atoms with Gasteiger partial charge in [-0.25, -0.2) is 0 Å². The molecule has 0 atom stereocenters. The molecule has 0 aliphatic carbocycles. The van der Waals surface area contributed by atoms with Crippen molar-refractivity contribution in [2.24, 2.45) is 4.99 Å². The molecular weight excluding hydrogens is 447 g/mol. The second-order valence-corrected chi connectivity index (χ2v) is 5.79. The number of piperidine rings is 1. The van der Waals surface area contributed by atoms with Crippen LogP contribution in [0.3, 0.4) is 0 Å². The predicted molar refractivity (Wildman–Crippen MR) is 115 cm³/mol. The summed E-state index contributed by atoms with van der Waals surface area (Å²) < 4.78 is 10.9. The topological polar surface area (TPSA) is 75.2 Å². The number of nitrogens with zero attached hydrogens (tertiary/aromatic N) is 2. The quantitative estimate of drug-likeness (QED) is 0.375. The van der Waals surface area contributed by atoms with Gasteiger partial charge in [0.05, 0.1) is 20.3 Å². The second-order valence-electron chi connectivity index (χ2n) is 5.79. The van der Waals surface area contributed by atoms with E-state index in [1.165, 1.54) is 6.42 Å². The average molecular weight is 476 g/mol. The van der Waals surface area contributed by atoms with Crippen molar-refractivity contribution in [1.29, 1.82) is 0 Å². The molecule has 2 N–H and O–H groups in total. The fourth-order valence-corrected chi connectivity index (χ4v) is 2.75. The van der Waals surface area contributed by atoms with Crippen LogP contribution in [0.4, 0.5) is 5.69 Å². The normalized spacial score (nSPS) is 14.3. The van der Waals surface area contributed by atoms with Gasteiger partial charge in [-0.3, -0.25) is 9.79 Å². The lowest BCUT2D eigenvalue weighted by molar-refractivity contribution is -0.130. The molecule has 26 heavy (non-hydrogen) atoms. The van der Waals surface area contributed by atoms with Gasteiger partial charge in [0.2, 0.25) is 5.91 Å². The van der Waals surface area contributed by atoms with Gasteiger partial charge in [0.15, 0.2) is 17.5 Å². The van der Waals surface area contributed by atoms with Crippen molar-refractivity contribution in [1.82, 2.24) is 10.2 Å². The fourth-order valence-electron chi connectivity index (χ4n) is 2.75. The van der Waals surface area contributed by atoms with E-state index in [1.807, 2.05) is 30.0 Å². The number of halogens is 1. The Hall–Kier alpha value is -1.71. The molecule has 0 bridgehead atoms. The third-order valence-corrected chi connectivity index (χ3v) is 4.07. The number of hydrogen-bond acceptors (Lipinski definition) is 4. The number of likely N-dealkylation sites (tertiary alicyclic amines) is 1. The van der Waals surface area contributed by atoms with Crippen LogP contribution >= 0.6 is 24.0 Å². The number of ether oxygens (including phenoxy) is 2. The number of guanidine groups is 1. The molecule has 1 aromatic rings. The van der Waals surface area contributed by atoms with E-state index in [2.05, 4.69) is 15.6 Å². The number of methoxy groups -OCH3 is 1. The first kappa shape index (κ1) is 22.3. The SMILES string of the molecule is CCOc1ccc(NC(=NC)NCC(=O)N2CCCCC2)cc1OC.I. The zero-order chi connectivity index (χ0) is 18.1. The molecule has 1 heterocycles. The summed E-state index contributed by atoms with van der Waals surface area (Å²) in [6, 6.07) is 5.56. The molecule has 8 heteroatoms. The minimum atomic E-state index is 0. The van der Waals surface area contributed by atoms with Gasteiger partial charge in [-0.1, -0.05) is 0 Å². The molecule has 1 aromatic carbocycles. The zero-order valence-electron chi connectivity index (χ0n) is 15.7. The fraction of sp³-hybridized carbons (Fsp3) is 0.556. The lowest BCUT2D eigenvalue weighted by atomic mass is 10.1.